The van der Waals surface area contributed by atoms with Crippen LogP contribution in [0.2, 0.25) is 0 Å². The van der Waals surface area contributed by atoms with Crippen molar-refractivity contribution in [1.82, 2.24) is 4.98 Å². The van der Waals surface area contributed by atoms with Gasteiger partial charge >= 0.3 is 0 Å². The first kappa shape index (κ1) is 10.7. The van der Waals surface area contributed by atoms with E-state index in [0.717, 1.165) is 17.1 Å². The number of alkyl halides is 2. The van der Waals surface area contributed by atoms with Gasteiger partial charge in [0.25, 0.3) is 0 Å². The van der Waals surface area contributed by atoms with Crippen LogP contribution in [0.3, 0.4) is 0 Å². The molecule has 1 nitrogen and oxygen atoms in total. The Labute approximate surface area is 93.9 Å². The van der Waals surface area contributed by atoms with Crippen molar-refractivity contribution in [2.75, 3.05) is 10.7 Å². The summed E-state index contributed by atoms with van der Waals surface area (Å²) < 4.78 is 0. The van der Waals surface area contributed by atoms with Gasteiger partial charge < -0.3 is 0 Å². The Hall–Kier alpha value is 0.590. The van der Waals surface area contributed by atoms with Crippen LogP contribution in [0.25, 0.3) is 0 Å². The molecule has 0 radical (unpaired) electrons. The Morgan fingerprint density at radius 3 is 2.58 bits per heavy atom. The molecule has 0 fully saturated rings. The summed E-state index contributed by atoms with van der Waals surface area (Å²) in [6.45, 7) is 2.26. The lowest BCUT2D eigenvalue weighted by atomic mass is 9.92. The zero-order valence-corrected chi connectivity index (χ0v) is 10.9. The van der Waals surface area contributed by atoms with Crippen molar-refractivity contribution in [3.63, 3.8) is 0 Å². The van der Waals surface area contributed by atoms with E-state index in [-0.39, 0.29) is 0 Å². The van der Waals surface area contributed by atoms with Crippen LogP contribution in [0.1, 0.15) is 11.8 Å². The van der Waals surface area contributed by atoms with Gasteiger partial charge in [-0.15, -0.1) is 11.3 Å². The molecule has 0 unspecified atom stereocenters. The number of hydrogen-bond acceptors (Lipinski definition) is 2. The normalized spacial score (nSPS) is 11.9. The molecule has 0 aromatic carbocycles. The molecule has 0 atom stereocenters. The predicted octanol–water partition coefficient (Wildman–Crippen LogP) is 3.48. The molecule has 0 saturated carbocycles. The van der Waals surface area contributed by atoms with Gasteiger partial charge in [0.2, 0.25) is 0 Å². The maximum Gasteiger partial charge on any atom is 0.0794 e. The molecule has 1 aromatic heterocycles. The monoisotopic (exact) mass is 311 g/mol. The van der Waals surface area contributed by atoms with Crippen molar-refractivity contribution >= 4 is 43.2 Å². The van der Waals surface area contributed by atoms with E-state index in [4.69, 9.17) is 0 Å². The highest BCUT2D eigenvalue weighted by Gasteiger charge is 2.22. The second-order valence-corrected chi connectivity index (χ2v) is 5.31. The molecule has 0 aliphatic heterocycles. The molecule has 1 aromatic rings. The minimum Gasteiger partial charge on any atom is -0.253 e. The van der Waals surface area contributed by atoms with E-state index in [1.807, 2.05) is 11.7 Å². The smallest absolute Gasteiger partial charge is 0.0794 e. The fourth-order valence-electron chi connectivity index (χ4n) is 0.880. The number of rotatable bonds is 4. The largest absolute Gasteiger partial charge is 0.253 e. The van der Waals surface area contributed by atoms with E-state index in [0.29, 0.717) is 5.41 Å². The quantitative estimate of drug-likeness (QED) is 0.776. The number of nitrogens with zero attached hydrogens (tertiary/aromatic N) is 1. The fraction of sp³-hybridized carbons (Fsp3) is 0.625. The van der Waals surface area contributed by atoms with Crippen LogP contribution in [0.4, 0.5) is 0 Å². The molecular weight excluding hydrogens is 302 g/mol. The van der Waals surface area contributed by atoms with Crippen LogP contribution in [-0.2, 0) is 6.42 Å². The SMILES string of the molecule is CC(CBr)(CBr)Cc1cncs1. The van der Waals surface area contributed by atoms with Crippen LogP contribution in [-0.4, -0.2) is 15.6 Å². The van der Waals surface area contributed by atoms with Gasteiger partial charge in [0.1, 0.15) is 0 Å². The Morgan fingerprint density at radius 1 is 1.50 bits per heavy atom. The minimum atomic E-state index is 0.312. The van der Waals surface area contributed by atoms with Gasteiger partial charge in [-0.25, -0.2) is 0 Å². The maximum absolute atomic E-state index is 4.06. The van der Waals surface area contributed by atoms with E-state index >= 15 is 0 Å². The van der Waals surface area contributed by atoms with Gasteiger partial charge in [0.05, 0.1) is 5.51 Å². The maximum atomic E-state index is 4.06. The first-order chi connectivity index (χ1) is 5.70. The van der Waals surface area contributed by atoms with Gasteiger partial charge in [0.15, 0.2) is 0 Å². The van der Waals surface area contributed by atoms with Crippen LogP contribution >= 0.6 is 43.2 Å². The third kappa shape index (κ3) is 2.82. The van der Waals surface area contributed by atoms with E-state index in [2.05, 4.69) is 43.8 Å². The molecule has 68 valence electrons. The molecule has 4 heteroatoms. The highest BCUT2D eigenvalue weighted by Crippen LogP contribution is 2.28. The van der Waals surface area contributed by atoms with Gasteiger partial charge in [-0.05, 0) is 11.8 Å². The van der Waals surface area contributed by atoms with Gasteiger partial charge in [0, 0.05) is 21.7 Å². The molecule has 1 rings (SSSR count). The number of aromatic nitrogens is 1. The summed E-state index contributed by atoms with van der Waals surface area (Å²) in [7, 11) is 0. The molecule has 0 aliphatic rings. The van der Waals surface area contributed by atoms with Crippen molar-refractivity contribution in [3.8, 4) is 0 Å². The molecule has 1 heterocycles. The second-order valence-electron chi connectivity index (χ2n) is 3.22. The second kappa shape index (κ2) is 4.72. The van der Waals surface area contributed by atoms with E-state index in [1.165, 1.54) is 4.88 Å². The molecular formula is C8H11Br2NS. The first-order valence-electron chi connectivity index (χ1n) is 3.69. The summed E-state index contributed by atoms with van der Waals surface area (Å²) in [5.74, 6) is 0. The van der Waals surface area contributed by atoms with Crippen LogP contribution in [0.5, 0.6) is 0 Å². The van der Waals surface area contributed by atoms with Gasteiger partial charge in [-0.2, -0.15) is 0 Å². The highest BCUT2D eigenvalue weighted by atomic mass is 79.9. The summed E-state index contributed by atoms with van der Waals surface area (Å²) in [5, 5.41) is 2.03. The van der Waals surface area contributed by atoms with Crippen molar-refractivity contribution in [2.24, 2.45) is 5.41 Å². The Bertz CT molecular complexity index is 219. The molecule has 12 heavy (non-hydrogen) atoms. The summed E-state index contributed by atoms with van der Waals surface area (Å²) in [4.78, 5) is 5.42. The van der Waals surface area contributed by atoms with Crippen LogP contribution in [0, 0.1) is 5.41 Å². The van der Waals surface area contributed by atoms with Crippen LogP contribution in [0.15, 0.2) is 11.7 Å². The Balaban J connectivity index is 2.60. The summed E-state index contributed by atoms with van der Waals surface area (Å²) in [5.41, 5.74) is 2.20. The summed E-state index contributed by atoms with van der Waals surface area (Å²) in [6.07, 6.45) is 3.04. The Morgan fingerprint density at radius 2 is 2.17 bits per heavy atom. The average Bonchev–Trinajstić information content (AvgIpc) is 2.57. The van der Waals surface area contributed by atoms with E-state index in [9.17, 15) is 0 Å². The van der Waals surface area contributed by atoms with E-state index in [1.54, 1.807) is 11.3 Å². The lowest BCUT2D eigenvalue weighted by Gasteiger charge is -2.23. The molecule has 0 N–H and O–H groups in total. The topological polar surface area (TPSA) is 12.9 Å². The lowest BCUT2D eigenvalue weighted by molar-refractivity contribution is 0.442. The molecule has 0 spiro atoms. The van der Waals surface area contributed by atoms with Crippen LogP contribution < -0.4 is 0 Å². The van der Waals surface area contributed by atoms with Crippen molar-refractivity contribution in [3.05, 3.63) is 16.6 Å². The number of thiazole rings is 1. The van der Waals surface area contributed by atoms with Crippen molar-refractivity contribution < 1.29 is 0 Å². The van der Waals surface area contributed by atoms with Crippen molar-refractivity contribution in [1.29, 1.82) is 0 Å². The minimum absolute atomic E-state index is 0.312. The standard InChI is InChI=1S/C8H11Br2NS/c1-8(4-9,5-10)2-7-3-11-6-12-7/h3,6H,2,4-5H2,1H3. The summed E-state index contributed by atoms with van der Waals surface area (Å²) in [6, 6.07) is 0. The third-order valence-electron chi connectivity index (χ3n) is 1.73. The lowest BCUT2D eigenvalue weighted by Crippen LogP contribution is -2.22. The first-order valence-corrected chi connectivity index (χ1v) is 6.82. The summed E-state index contributed by atoms with van der Waals surface area (Å²) >= 11 is 8.79. The zero-order chi connectivity index (χ0) is 9.03. The molecule has 0 aliphatic carbocycles. The van der Waals surface area contributed by atoms with Gasteiger partial charge in [-0.3, -0.25) is 4.98 Å². The third-order valence-corrected chi connectivity index (χ3v) is 5.22. The average molecular weight is 313 g/mol. The van der Waals surface area contributed by atoms with Crippen molar-refractivity contribution in [2.45, 2.75) is 13.3 Å². The Kier molecular flexibility index (Phi) is 4.20. The fourth-order valence-corrected chi connectivity index (χ4v) is 3.02. The van der Waals surface area contributed by atoms with Gasteiger partial charge in [-0.1, -0.05) is 38.8 Å². The number of hydrogen-bond donors (Lipinski definition) is 0. The van der Waals surface area contributed by atoms with E-state index < -0.39 is 0 Å². The molecule has 0 bridgehead atoms. The molecule has 0 saturated heterocycles. The number of halogens is 2. The predicted molar refractivity (Wildman–Crippen MR) is 61.5 cm³/mol. The highest BCUT2D eigenvalue weighted by molar-refractivity contribution is 9.09. The molecule has 0 amide bonds. The zero-order valence-electron chi connectivity index (χ0n) is 6.89.